The normalized spacial score (nSPS) is 19.5. The molecule has 0 unspecified atom stereocenters. The molecule has 28 heavy (non-hydrogen) atoms. The van der Waals surface area contributed by atoms with Crippen LogP contribution in [0, 0.1) is 11.8 Å². The van der Waals surface area contributed by atoms with Crippen molar-refractivity contribution in [3.05, 3.63) is 12.1 Å². The Morgan fingerprint density at radius 3 is 1.71 bits per heavy atom. The van der Waals surface area contributed by atoms with Crippen LogP contribution in [0.4, 0.5) is 5.69 Å². The zero-order valence-corrected chi connectivity index (χ0v) is 17.7. The summed E-state index contributed by atoms with van der Waals surface area (Å²) >= 11 is 0. The largest absolute Gasteiger partial charge is 0.493 e. The maximum atomic E-state index is 12.7. The van der Waals surface area contributed by atoms with Gasteiger partial charge in [0.1, 0.15) is 0 Å². The van der Waals surface area contributed by atoms with Crippen LogP contribution in [0.2, 0.25) is 0 Å². The van der Waals surface area contributed by atoms with E-state index < -0.39 is 0 Å². The van der Waals surface area contributed by atoms with Crippen LogP contribution in [0.15, 0.2) is 12.1 Å². The quantitative estimate of drug-likeness (QED) is 0.775. The van der Waals surface area contributed by atoms with Crippen molar-refractivity contribution in [2.75, 3.05) is 26.6 Å². The first kappa shape index (κ1) is 21.9. The molecule has 2 N–H and O–H groups in total. The predicted octanol–water partition coefficient (Wildman–Crippen LogP) is 3.37. The van der Waals surface area contributed by atoms with E-state index in [0.717, 1.165) is 12.8 Å². The molecule has 1 aromatic rings. The number of nitrogens with one attached hydrogen (secondary N) is 2. The van der Waals surface area contributed by atoms with E-state index >= 15 is 0 Å². The highest BCUT2D eigenvalue weighted by atomic mass is 16.5. The van der Waals surface area contributed by atoms with Gasteiger partial charge in [-0.25, -0.2) is 0 Å². The van der Waals surface area contributed by atoms with E-state index in [1.54, 1.807) is 12.1 Å². The second kappa shape index (κ2) is 9.17. The minimum Gasteiger partial charge on any atom is -0.493 e. The molecule has 0 spiro atoms. The van der Waals surface area contributed by atoms with Crippen LogP contribution in [0.1, 0.15) is 46.5 Å². The highest BCUT2D eigenvalue weighted by Crippen LogP contribution is 2.40. The highest BCUT2D eigenvalue weighted by molar-refractivity contribution is 5.93. The second-order valence-electron chi connectivity index (χ2n) is 8.19. The van der Waals surface area contributed by atoms with Gasteiger partial charge in [0.2, 0.25) is 17.6 Å². The van der Waals surface area contributed by atoms with Crippen molar-refractivity contribution in [3.8, 4) is 17.2 Å². The molecular formula is C21H32N2O5. The van der Waals surface area contributed by atoms with Crippen molar-refractivity contribution in [1.29, 1.82) is 0 Å². The van der Waals surface area contributed by atoms with Crippen molar-refractivity contribution in [2.24, 2.45) is 11.8 Å². The van der Waals surface area contributed by atoms with Gasteiger partial charge in [-0.3, -0.25) is 9.59 Å². The minimum absolute atomic E-state index is 0.0237. The van der Waals surface area contributed by atoms with Crippen LogP contribution < -0.4 is 24.8 Å². The molecule has 1 aromatic carbocycles. The van der Waals surface area contributed by atoms with Gasteiger partial charge in [0, 0.05) is 35.2 Å². The summed E-state index contributed by atoms with van der Waals surface area (Å²) in [6.07, 6.45) is 2.82. The van der Waals surface area contributed by atoms with Crippen molar-refractivity contribution >= 4 is 17.5 Å². The number of ether oxygens (including phenoxy) is 3. The first-order valence-corrected chi connectivity index (χ1v) is 9.61. The molecule has 7 nitrogen and oxygen atoms in total. The van der Waals surface area contributed by atoms with Crippen LogP contribution in [0.25, 0.3) is 0 Å². The van der Waals surface area contributed by atoms with Gasteiger partial charge < -0.3 is 24.8 Å². The lowest BCUT2D eigenvalue weighted by Crippen LogP contribution is -2.45. The Morgan fingerprint density at radius 2 is 1.32 bits per heavy atom. The Morgan fingerprint density at radius 1 is 0.857 bits per heavy atom. The second-order valence-corrected chi connectivity index (χ2v) is 8.19. The molecule has 0 aromatic heterocycles. The molecule has 2 amide bonds. The average Bonchev–Trinajstić information content (AvgIpc) is 2.65. The number of rotatable bonds is 6. The zero-order chi connectivity index (χ0) is 20.9. The molecule has 0 bridgehead atoms. The molecule has 1 aliphatic rings. The number of hydrogen-bond acceptors (Lipinski definition) is 5. The number of methoxy groups -OCH3 is 3. The van der Waals surface area contributed by atoms with Gasteiger partial charge in [-0.15, -0.1) is 0 Å². The van der Waals surface area contributed by atoms with Crippen LogP contribution in [-0.2, 0) is 9.59 Å². The SMILES string of the molecule is COc1cc(NC(=O)C2CCC(C(=O)NC(C)(C)C)CC2)cc(OC)c1OC. The molecule has 0 saturated heterocycles. The Hall–Kier alpha value is -2.44. The summed E-state index contributed by atoms with van der Waals surface area (Å²) in [7, 11) is 4.60. The Balaban J connectivity index is 1.99. The number of carbonyl (C=O) groups is 2. The topological polar surface area (TPSA) is 85.9 Å². The van der Waals surface area contributed by atoms with Crippen molar-refractivity contribution in [1.82, 2.24) is 5.32 Å². The first-order valence-electron chi connectivity index (χ1n) is 9.61. The maximum absolute atomic E-state index is 12.7. The predicted molar refractivity (Wildman–Crippen MR) is 108 cm³/mol. The van der Waals surface area contributed by atoms with Gasteiger partial charge in [-0.1, -0.05) is 0 Å². The lowest BCUT2D eigenvalue weighted by Gasteiger charge is -2.30. The van der Waals surface area contributed by atoms with Gasteiger partial charge in [0.25, 0.3) is 0 Å². The number of anilines is 1. The van der Waals surface area contributed by atoms with Crippen LogP contribution >= 0.6 is 0 Å². The molecule has 0 heterocycles. The van der Waals surface area contributed by atoms with Gasteiger partial charge in [-0.05, 0) is 46.5 Å². The third-order valence-electron chi connectivity index (χ3n) is 4.90. The fraction of sp³-hybridized carbons (Fsp3) is 0.619. The highest BCUT2D eigenvalue weighted by Gasteiger charge is 2.31. The molecule has 7 heteroatoms. The van der Waals surface area contributed by atoms with E-state index in [4.69, 9.17) is 14.2 Å². The van der Waals surface area contributed by atoms with Gasteiger partial charge >= 0.3 is 0 Å². The lowest BCUT2D eigenvalue weighted by atomic mass is 9.81. The number of amides is 2. The molecular weight excluding hydrogens is 360 g/mol. The van der Waals surface area contributed by atoms with E-state index in [9.17, 15) is 9.59 Å². The molecule has 1 fully saturated rings. The van der Waals surface area contributed by atoms with Gasteiger partial charge in [0.15, 0.2) is 11.5 Å². The summed E-state index contributed by atoms with van der Waals surface area (Å²) < 4.78 is 16.0. The zero-order valence-electron chi connectivity index (χ0n) is 17.7. The van der Waals surface area contributed by atoms with Crippen LogP contribution in [0.5, 0.6) is 17.2 Å². The van der Waals surface area contributed by atoms with E-state index in [0.29, 0.717) is 35.8 Å². The molecule has 1 saturated carbocycles. The number of carbonyl (C=O) groups excluding carboxylic acids is 2. The van der Waals surface area contributed by atoms with E-state index in [1.165, 1.54) is 21.3 Å². The van der Waals surface area contributed by atoms with Crippen LogP contribution in [0.3, 0.4) is 0 Å². The molecule has 156 valence electrons. The van der Waals surface area contributed by atoms with Crippen molar-refractivity contribution < 1.29 is 23.8 Å². The smallest absolute Gasteiger partial charge is 0.227 e. The number of benzene rings is 1. The Kier molecular flexibility index (Phi) is 7.16. The van der Waals surface area contributed by atoms with E-state index in [-0.39, 0.29) is 29.2 Å². The maximum Gasteiger partial charge on any atom is 0.227 e. The molecule has 2 rings (SSSR count). The first-order chi connectivity index (χ1) is 13.2. The molecule has 0 atom stereocenters. The summed E-state index contributed by atoms with van der Waals surface area (Å²) in [5.74, 6) is 1.34. The summed E-state index contributed by atoms with van der Waals surface area (Å²) in [5, 5.41) is 5.97. The Labute approximate surface area is 167 Å². The summed E-state index contributed by atoms with van der Waals surface area (Å²) in [6, 6.07) is 3.42. The standard InChI is InChI=1S/C21H32N2O5/c1-21(2,3)23-20(25)14-9-7-13(8-10-14)19(24)22-15-11-16(26-4)18(28-6)17(12-15)27-5/h11-14H,7-10H2,1-6H3,(H,22,24)(H,23,25). The molecule has 0 aliphatic heterocycles. The third-order valence-corrected chi connectivity index (χ3v) is 4.90. The van der Waals surface area contributed by atoms with Crippen molar-refractivity contribution in [3.63, 3.8) is 0 Å². The Bertz CT molecular complexity index is 678. The average molecular weight is 392 g/mol. The molecule has 1 aliphatic carbocycles. The summed E-state index contributed by atoms with van der Waals surface area (Å²) in [4.78, 5) is 25.0. The molecule has 0 radical (unpaired) electrons. The number of hydrogen-bond donors (Lipinski definition) is 2. The van der Waals surface area contributed by atoms with Gasteiger partial charge in [-0.2, -0.15) is 0 Å². The van der Waals surface area contributed by atoms with E-state index in [1.807, 2.05) is 20.8 Å². The monoisotopic (exact) mass is 392 g/mol. The summed E-state index contributed by atoms with van der Waals surface area (Å²) in [6.45, 7) is 5.92. The fourth-order valence-electron chi connectivity index (χ4n) is 3.49. The van der Waals surface area contributed by atoms with Gasteiger partial charge in [0.05, 0.1) is 21.3 Å². The minimum atomic E-state index is -0.238. The van der Waals surface area contributed by atoms with Crippen molar-refractivity contribution in [2.45, 2.75) is 52.0 Å². The third kappa shape index (κ3) is 5.53. The summed E-state index contributed by atoms with van der Waals surface area (Å²) in [5.41, 5.74) is 0.352. The lowest BCUT2D eigenvalue weighted by molar-refractivity contribution is -0.129. The van der Waals surface area contributed by atoms with E-state index in [2.05, 4.69) is 10.6 Å². The van der Waals surface area contributed by atoms with Crippen LogP contribution in [-0.4, -0.2) is 38.7 Å². The fourth-order valence-corrected chi connectivity index (χ4v) is 3.49.